The first-order chi connectivity index (χ1) is 6.56. The van der Waals surface area contributed by atoms with Gasteiger partial charge >= 0.3 is 0 Å². The summed E-state index contributed by atoms with van der Waals surface area (Å²) in [4.78, 5) is 12.6. The van der Waals surface area contributed by atoms with E-state index in [9.17, 15) is 4.79 Å². The second kappa shape index (κ2) is 7.84. The zero-order valence-electron chi connectivity index (χ0n) is 10.1. The molecule has 0 N–H and O–H groups in total. The highest BCUT2D eigenvalue weighted by Crippen LogP contribution is 2.06. The molecule has 14 heavy (non-hydrogen) atoms. The lowest BCUT2D eigenvalue weighted by Gasteiger charge is -2.18. The second-order valence-corrected chi connectivity index (χ2v) is 4.86. The summed E-state index contributed by atoms with van der Waals surface area (Å²) in [5.41, 5.74) is 0. The molecule has 84 valence electrons. The summed E-state index contributed by atoms with van der Waals surface area (Å²) in [7, 11) is 0. The van der Waals surface area contributed by atoms with Crippen LogP contribution in [0.2, 0.25) is 0 Å². The standard InChI is InChI=1S/C12H25NO/c1-11(2)6-5-8-13(10-14)9-7-12(3)4/h10-12H,5-9H2,1-4H3. The molecule has 0 aliphatic carbocycles. The van der Waals surface area contributed by atoms with Crippen molar-refractivity contribution in [1.82, 2.24) is 4.90 Å². The predicted molar refractivity (Wildman–Crippen MR) is 61.2 cm³/mol. The molecule has 0 rings (SSSR count). The Morgan fingerprint density at radius 1 is 1.00 bits per heavy atom. The van der Waals surface area contributed by atoms with Crippen LogP contribution in [-0.4, -0.2) is 24.4 Å². The van der Waals surface area contributed by atoms with Crippen molar-refractivity contribution in [2.75, 3.05) is 13.1 Å². The summed E-state index contributed by atoms with van der Waals surface area (Å²) in [6.07, 6.45) is 4.45. The molecule has 0 saturated carbocycles. The first-order valence-electron chi connectivity index (χ1n) is 5.75. The summed E-state index contributed by atoms with van der Waals surface area (Å²) >= 11 is 0. The zero-order chi connectivity index (χ0) is 11.0. The van der Waals surface area contributed by atoms with Crippen LogP contribution < -0.4 is 0 Å². The van der Waals surface area contributed by atoms with Gasteiger partial charge in [0.05, 0.1) is 0 Å². The van der Waals surface area contributed by atoms with E-state index in [4.69, 9.17) is 0 Å². The third-order valence-electron chi connectivity index (χ3n) is 2.37. The van der Waals surface area contributed by atoms with Gasteiger partial charge in [0.25, 0.3) is 0 Å². The second-order valence-electron chi connectivity index (χ2n) is 4.86. The molecule has 0 aromatic rings. The molecule has 0 bridgehead atoms. The van der Waals surface area contributed by atoms with Crippen molar-refractivity contribution < 1.29 is 4.79 Å². The van der Waals surface area contributed by atoms with Crippen LogP contribution in [-0.2, 0) is 4.79 Å². The Morgan fingerprint density at radius 3 is 2.00 bits per heavy atom. The molecule has 0 fully saturated rings. The van der Waals surface area contributed by atoms with Gasteiger partial charge in [-0.3, -0.25) is 4.79 Å². The van der Waals surface area contributed by atoms with Gasteiger partial charge in [-0.25, -0.2) is 0 Å². The van der Waals surface area contributed by atoms with Crippen LogP contribution in [0, 0.1) is 11.8 Å². The van der Waals surface area contributed by atoms with Gasteiger partial charge < -0.3 is 4.90 Å². The Labute approximate surface area is 88.7 Å². The van der Waals surface area contributed by atoms with Gasteiger partial charge in [-0.15, -0.1) is 0 Å². The lowest BCUT2D eigenvalue weighted by Crippen LogP contribution is -2.25. The lowest BCUT2D eigenvalue weighted by atomic mass is 10.1. The van der Waals surface area contributed by atoms with Crippen molar-refractivity contribution in [3.8, 4) is 0 Å². The molecule has 0 aliphatic heterocycles. The quantitative estimate of drug-likeness (QED) is 0.550. The smallest absolute Gasteiger partial charge is 0.209 e. The number of carbonyl (C=O) groups excluding carboxylic acids is 1. The van der Waals surface area contributed by atoms with E-state index in [1.165, 1.54) is 6.42 Å². The van der Waals surface area contributed by atoms with E-state index >= 15 is 0 Å². The van der Waals surface area contributed by atoms with Crippen molar-refractivity contribution in [2.24, 2.45) is 11.8 Å². The fourth-order valence-electron chi connectivity index (χ4n) is 1.34. The van der Waals surface area contributed by atoms with Crippen molar-refractivity contribution >= 4 is 6.41 Å². The highest BCUT2D eigenvalue weighted by Gasteiger charge is 2.03. The number of rotatable bonds is 8. The maximum atomic E-state index is 10.7. The third kappa shape index (κ3) is 8.09. The van der Waals surface area contributed by atoms with Crippen LogP contribution in [0.3, 0.4) is 0 Å². The molecule has 0 saturated heterocycles. The van der Waals surface area contributed by atoms with Crippen LogP contribution in [0.5, 0.6) is 0 Å². The summed E-state index contributed by atoms with van der Waals surface area (Å²) in [6, 6.07) is 0. The minimum Gasteiger partial charge on any atom is -0.345 e. The van der Waals surface area contributed by atoms with Crippen LogP contribution >= 0.6 is 0 Å². The summed E-state index contributed by atoms with van der Waals surface area (Å²) in [5, 5.41) is 0. The Kier molecular flexibility index (Phi) is 7.54. The van der Waals surface area contributed by atoms with E-state index in [0.717, 1.165) is 38.3 Å². The van der Waals surface area contributed by atoms with E-state index in [1.54, 1.807) is 0 Å². The van der Waals surface area contributed by atoms with Gasteiger partial charge in [-0.1, -0.05) is 27.7 Å². The molecule has 0 aliphatic rings. The molecule has 0 heterocycles. The van der Waals surface area contributed by atoms with E-state index in [1.807, 2.05) is 4.90 Å². The van der Waals surface area contributed by atoms with Gasteiger partial charge in [0.2, 0.25) is 6.41 Å². The van der Waals surface area contributed by atoms with Gasteiger partial charge in [0.1, 0.15) is 0 Å². The van der Waals surface area contributed by atoms with Crippen molar-refractivity contribution in [3.05, 3.63) is 0 Å². The van der Waals surface area contributed by atoms with Crippen molar-refractivity contribution in [1.29, 1.82) is 0 Å². The SMILES string of the molecule is CC(C)CCCN(C=O)CCC(C)C. The number of hydrogen-bond acceptors (Lipinski definition) is 1. The number of carbonyl (C=O) groups is 1. The first-order valence-corrected chi connectivity index (χ1v) is 5.75. The normalized spacial score (nSPS) is 11.0. The Hall–Kier alpha value is -0.530. The van der Waals surface area contributed by atoms with E-state index in [2.05, 4.69) is 27.7 Å². The Balaban J connectivity index is 3.53. The summed E-state index contributed by atoms with van der Waals surface area (Å²) < 4.78 is 0. The van der Waals surface area contributed by atoms with E-state index in [0.29, 0.717) is 5.92 Å². The molecule has 1 amide bonds. The van der Waals surface area contributed by atoms with Gasteiger partial charge in [-0.2, -0.15) is 0 Å². The molecular formula is C12H25NO. The van der Waals surface area contributed by atoms with E-state index in [-0.39, 0.29) is 0 Å². The Morgan fingerprint density at radius 2 is 1.57 bits per heavy atom. The molecule has 0 aromatic heterocycles. The average molecular weight is 199 g/mol. The number of hydrogen-bond donors (Lipinski definition) is 0. The van der Waals surface area contributed by atoms with Crippen LogP contribution in [0.25, 0.3) is 0 Å². The van der Waals surface area contributed by atoms with Crippen LogP contribution in [0.1, 0.15) is 47.0 Å². The fourth-order valence-corrected chi connectivity index (χ4v) is 1.34. The van der Waals surface area contributed by atoms with Crippen molar-refractivity contribution in [3.63, 3.8) is 0 Å². The maximum absolute atomic E-state index is 10.7. The summed E-state index contributed by atoms with van der Waals surface area (Å²) in [5.74, 6) is 1.43. The van der Waals surface area contributed by atoms with Gasteiger partial charge in [0, 0.05) is 13.1 Å². The molecular weight excluding hydrogens is 174 g/mol. The zero-order valence-corrected chi connectivity index (χ0v) is 10.1. The number of amides is 1. The maximum Gasteiger partial charge on any atom is 0.209 e. The third-order valence-corrected chi connectivity index (χ3v) is 2.37. The molecule has 0 radical (unpaired) electrons. The predicted octanol–water partition coefficient (Wildman–Crippen LogP) is 2.93. The molecule has 0 atom stereocenters. The largest absolute Gasteiger partial charge is 0.345 e. The van der Waals surface area contributed by atoms with Gasteiger partial charge in [0.15, 0.2) is 0 Å². The highest BCUT2D eigenvalue weighted by molar-refractivity contribution is 5.46. The van der Waals surface area contributed by atoms with Crippen LogP contribution in [0.15, 0.2) is 0 Å². The first kappa shape index (κ1) is 13.5. The molecule has 0 aromatic carbocycles. The molecule has 2 nitrogen and oxygen atoms in total. The summed E-state index contributed by atoms with van der Waals surface area (Å²) in [6.45, 7) is 10.7. The molecule has 0 spiro atoms. The minimum absolute atomic E-state index is 0.683. The fraction of sp³-hybridized carbons (Fsp3) is 0.917. The lowest BCUT2D eigenvalue weighted by molar-refractivity contribution is -0.118. The Bertz CT molecular complexity index is 143. The molecule has 0 unspecified atom stereocenters. The van der Waals surface area contributed by atoms with E-state index < -0.39 is 0 Å². The highest BCUT2D eigenvalue weighted by atomic mass is 16.1. The minimum atomic E-state index is 0.683. The van der Waals surface area contributed by atoms with Crippen LogP contribution in [0.4, 0.5) is 0 Å². The topological polar surface area (TPSA) is 20.3 Å². The van der Waals surface area contributed by atoms with Crippen molar-refractivity contribution in [2.45, 2.75) is 47.0 Å². The monoisotopic (exact) mass is 199 g/mol. The molecule has 2 heteroatoms. The average Bonchev–Trinajstić information content (AvgIpc) is 2.10. The number of nitrogens with zero attached hydrogens (tertiary/aromatic N) is 1. The van der Waals surface area contributed by atoms with Gasteiger partial charge in [-0.05, 0) is 31.1 Å².